The van der Waals surface area contributed by atoms with Crippen molar-refractivity contribution < 1.29 is 19.1 Å². The summed E-state index contributed by atoms with van der Waals surface area (Å²) in [7, 11) is 0. The Hall–Kier alpha value is -1.32. The smallest absolute Gasteiger partial charge is 0.331 e. The first kappa shape index (κ1) is 17.7. The molecule has 1 aliphatic rings. The molecule has 1 fully saturated rings. The molecule has 0 saturated heterocycles. The molecule has 0 aromatic heterocycles. The lowest BCUT2D eigenvalue weighted by atomic mass is 9.72. The van der Waals surface area contributed by atoms with Gasteiger partial charge in [-0.25, -0.2) is 9.59 Å². The lowest BCUT2D eigenvalue weighted by Crippen LogP contribution is -2.30. The van der Waals surface area contributed by atoms with Gasteiger partial charge in [-0.05, 0) is 43.4 Å². The minimum absolute atomic E-state index is 0.0209. The molecule has 1 saturated carbocycles. The van der Waals surface area contributed by atoms with Crippen LogP contribution in [0.2, 0.25) is 0 Å². The van der Waals surface area contributed by atoms with Gasteiger partial charge in [0, 0.05) is 12.2 Å². The molecule has 0 bridgehead atoms. The van der Waals surface area contributed by atoms with Crippen LogP contribution in [0.25, 0.3) is 0 Å². The van der Waals surface area contributed by atoms with E-state index in [1.807, 2.05) is 6.92 Å². The summed E-state index contributed by atoms with van der Waals surface area (Å²) in [6.45, 7) is 9.06. The molecule has 4 heteroatoms. The number of ether oxygens (including phenoxy) is 2. The molecule has 0 aliphatic heterocycles. The molecule has 0 N–H and O–H groups in total. The van der Waals surface area contributed by atoms with E-state index in [9.17, 15) is 9.59 Å². The summed E-state index contributed by atoms with van der Waals surface area (Å²) in [4.78, 5) is 22.9. The third kappa shape index (κ3) is 6.78. The number of hydrogen-bond donors (Lipinski definition) is 0. The van der Waals surface area contributed by atoms with Gasteiger partial charge < -0.3 is 9.47 Å². The van der Waals surface area contributed by atoms with E-state index in [0.717, 1.165) is 44.3 Å². The third-order valence-corrected chi connectivity index (χ3v) is 3.99. The summed E-state index contributed by atoms with van der Waals surface area (Å²) >= 11 is 0. The Kier molecular flexibility index (Phi) is 6.93. The summed E-state index contributed by atoms with van der Waals surface area (Å²) in [5.41, 5.74) is 0.317. The highest BCUT2D eigenvalue weighted by atomic mass is 16.5. The van der Waals surface area contributed by atoms with E-state index in [0.29, 0.717) is 17.9 Å². The van der Waals surface area contributed by atoms with E-state index >= 15 is 0 Å². The maximum Gasteiger partial charge on any atom is 0.331 e. The van der Waals surface area contributed by atoms with Crippen molar-refractivity contribution in [1.82, 2.24) is 0 Å². The Morgan fingerprint density at radius 1 is 1.05 bits per heavy atom. The SMILES string of the molecule is CCCOC(=O)/C=C/C(=O)OC1CCC(C(C)(C)C)CC1. The van der Waals surface area contributed by atoms with Crippen molar-refractivity contribution in [2.24, 2.45) is 11.3 Å². The van der Waals surface area contributed by atoms with Crippen molar-refractivity contribution >= 4 is 11.9 Å². The van der Waals surface area contributed by atoms with E-state index in [-0.39, 0.29) is 6.10 Å². The van der Waals surface area contributed by atoms with E-state index in [1.165, 1.54) is 0 Å². The second-order valence-corrected chi connectivity index (χ2v) is 6.78. The van der Waals surface area contributed by atoms with Crippen molar-refractivity contribution in [3.63, 3.8) is 0 Å². The molecule has 4 nitrogen and oxygen atoms in total. The predicted molar refractivity (Wildman–Crippen MR) is 81.7 cm³/mol. The zero-order valence-electron chi connectivity index (χ0n) is 13.7. The molecule has 0 aromatic carbocycles. The first-order valence-electron chi connectivity index (χ1n) is 7.88. The fraction of sp³-hybridized carbons (Fsp3) is 0.765. The minimum atomic E-state index is -0.495. The van der Waals surface area contributed by atoms with Crippen LogP contribution < -0.4 is 0 Å². The van der Waals surface area contributed by atoms with Gasteiger partial charge in [0.15, 0.2) is 0 Å². The van der Waals surface area contributed by atoms with E-state index in [1.54, 1.807) is 0 Å². The largest absolute Gasteiger partial charge is 0.463 e. The topological polar surface area (TPSA) is 52.6 Å². The first-order chi connectivity index (χ1) is 9.82. The van der Waals surface area contributed by atoms with Crippen molar-refractivity contribution in [3.05, 3.63) is 12.2 Å². The Morgan fingerprint density at radius 3 is 2.14 bits per heavy atom. The molecule has 0 radical (unpaired) electrons. The van der Waals surface area contributed by atoms with E-state index < -0.39 is 11.9 Å². The highest BCUT2D eigenvalue weighted by Crippen LogP contribution is 2.38. The summed E-state index contributed by atoms with van der Waals surface area (Å²) < 4.78 is 10.2. The highest BCUT2D eigenvalue weighted by molar-refractivity contribution is 5.91. The zero-order valence-corrected chi connectivity index (χ0v) is 13.7. The van der Waals surface area contributed by atoms with Crippen LogP contribution >= 0.6 is 0 Å². The summed E-state index contributed by atoms with van der Waals surface area (Å²) in [5, 5.41) is 0. The van der Waals surface area contributed by atoms with Gasteiger partial charge in [-0.2, -0.15) is 0 Å². The first-order valence-corrected chi connectivity index (χ1v) is 7.88. The maximum absolute atomic E-state index is 11.7. The van der Waals surface area contributed by atoms with Crippen LogP contribution in [0.1, 0.15) is 59.8 Å². The molecule has 0 aromatic rings. The van der Waals surface area contributed by atoms with Crippen LogP contribution in [0.4, 0.5) is 0 Å². The number of hydrogen-bond acceptors (Lipinski definition) is 4. The standard InChI is InChI=1S/C17H28O4/c1-5-12-20-15(18)10-11-16(19)21-14-8-6-13(7-9-14)17(2,3)4/h10-11,13-14H,5-9,12H2,1-4H3/b11-10+. The lowest BCUT2D eigenvalue weighted by molar-refractivity contribution is -0.146. The molecule has 120 valence electrons. The van der Waals surface area contributed by atoms with Crippen molar-refractivity contribution in [1.29, 1.82) is 0 Å². The third-order valence-electron chi connectivity index (χ3n) is 3.99. The average molecular weight is 296 g/mol. The Labute approximate surface area is 127 Å². The maximum atomic E-state index is 11.7. The van der Waals surface area contributed by atoms with Crippen molar-refractivity contribution in [3.8, 4) is 0 Å². The lowest BCUT2D eigenvalue weighted by Gasteiger charge is -2.36. The van der Waals surface area contributed by atoms with Crippen molar-refractivity contribution in [2.45, 2.75) is 65.9 Å². The number of esters is 2. The fourth-order valence-electron chi connectivity index (χ4n) is 2.64. The highest BCUT2D eigenvalue weighted by Gasteiger charge is 2.30. The quantitative estimate of drug-likeness (QED) is 0.574. The minimum Gasteiger partial charge on any atom is -0.463 e. The fourth-order valence-corrected chi connectivity index (χ4v) is 2.64. The summed E-state index contributed by atoms with van der Waals surface area (Å²) in [5.74, 6) is -0.264. The Morgan fingerprint density at radius 2 is 1.62 bits per heavy atom. The van der Waals surface area contributed by atoms with Gasteiger partial charge in [-0.1, -0.05) is 27.7 Å². The molecule has 21 heavy (non-hydrogen) atoms. The number of rotatable bonds is 5. The van der Waals surface area contributed by atoms with E-state index in [2.05, 4.69) is 20.8 Å². The molecule has 0 unspecified atom stereocenters. The van der Waals surface area contributed by atoms with Gasteiger partial charge in [0.05, 0.1) is 6.61 Å². The van der Waals surface area contributed by atoms with Gasteiger partial charge in [-0.15, -0.1) is 0 Å². The Bertz CT molecular complexity index is 371. The molecular weight excluding hydrogens is 268 g/mol. The van der Waals surface area contributed by atoms with Crippen molar-refractivity contribution in [2.75, 3.05) is 6.61 Å². The Balaban J connectivity index is 2.30. The number of carbonyl (C=O) groups is 2. The van der Waals surface area contributed by atoms with Gasteiger partial charge >= 0.3 is 11.9 Å². The van der Waals surface area contributed by atoms with Crippen LogP contribution in [0.5, 0.6) is 0 Å². The van der Waals surface area contributed by atoms with Gasteiger partial charge in [-0.3, -0.25) is 0 Å². The molecule has 0 heterocycles. The summed E-state index contributed by atoms with van der Waals surface area (Å²) in [6.07, 6.45) is 7.03. The molecule has 1 aliphatic carbocycles. The van der Waals surface area contributed by atoms with Crippen LogP contribution in [0.15, 0.2) is 12.2 Å². The van der Waals surface area contributed by atoms with Crippen LogP contribution in [0, 0.1) is 11.3 Å². The van der Waals surface area contributed by atoms with Crippen LogP contribution in [0.3, 0.4) is 0 Å². The predicted octanol–water partition coefficient (Wildman–Crippen LogP) is 3.64. The van der Waals surface area contributed by atoms with Gasteiger partial charge in [0.2, 0.25) is 0 Å². The van der Waals surface area contributed by atoms with Gasteiger partial charge in [0.25, 0.3) is 0 Å². The average Bonchev–Trinajstić information content (AvgIpc) is 2.42. The van der Waals surface area contributed by atoms with E-state index in [4.69, 9.17) is 9.47 Å². The van der Waals surface area contributed by atoms with Crippen LogP contribution in [-0.4, -0.2) is 24.6 Å². The molecule has 1 rings (SSSR count). The molecular formula is C17H28O4. The number of carbonyl (C=O) groups excluding carboxylic acids is 2. The summed E-state index contributed by atoms with van der Waals surface area (Å²) in [6, 6.07) is 0. The van der Waals surface area contributed by atoms with Crippen LogP contribution in [-0.2, 0) is 19.1 Å². The zero-order chi connectivity index (χ0) is 15.9. The second kappa shape index (κ2) is 8.20. The molecule has 0 amide bonds. The molecule has 0 spiro atoms. The molecule has 0 atom stereocenters. The monoisotopic (exact) mass is 296 g/mol. The van der Waals surface area contributed by atoms with Gasteiger partial charge in [0.1, 0.15) is 6.10 Å². The normalized spacial score (nSPS) is 23.0. The second-order valence-electron chi connectivity index (χ2n) is 6.78.